The fourth-order valence-corrected chi connectivity index (χ4v) is 0.494. The van der Waals surface area contributed by atoms with Crippen LogP contribution in [0, 0.1) is 11.3 Å². The first-order chi connectivity index (χ1) is 4.18. The van der Waals surface area contributed by atoms with Gasteiger partial charge in [0.05, 0.1) is 22.9 Å². The minimum atomic E-state index is 0.325. The van der Waals surface area contributed by atoms with Gasteiger partial charge in [-0.3, -0.25) is 0 Å². The largest absolute Gasteiger partial charge is 0.335 e. The van der Waals surface area contributed by atoms with Crippen molar-refractivity contribution in [2.45, 2.75) is 13.8 Å². The molecule has 0 aromatic carbocycles. The average Bonchev–Trinajstić information content (AvgIpc) is 1.82. The Balaban J connectivity index is 3.63. The summed E-state index contributed by atoms with van der Waals surface area (Å²) >= 11 is 2.01. The Morgan fingerprint density at radius 3 is 2.56 bits per heavy atom. The molecule has 0 fully saturated rings. The number of hydrogen-bond acceptors (Lipinski definition) is 2. The molecule has 3 heteroatoms. The fourth-order valence-electron chi connectivity index (χ4n) is 0.314. The van der Waals surface area contributed by atoms with Crippen molar-refractivity contribution in [2.75, 3.05) is 0 Å². The zero-order chi connectivity index (χ0) is 7.28. The molecule has 0 amide bonds. The van der Waals surface area contributed by atoms with Gasteiger partial charge >= 0.3 is 0 Å². The van der Waals surface area contributed by atoms with E-state index in [1.54, 1.807) is 12.3 Å². The van der Waals surface area contributed by atoms with Gasteiger partial charge in [0.2, 0.25) is 0 Å². The molecule has 0 radical (unpaired) electrons. The summed E-state index contributed by atoms with van der Waals surface area (Å²) in [5.41, 5.74) is 0.652. The summed E-state index contributed by atoms with van der Waals surface area (Å²) < 4.78 is 2.80. The average molecular weight is 238 g/mol. The molecule has 0 atom stereocenters. The first-order valence-electron chi connectivity index (χ1n) is 2.79. The molecule has 0 aromatic heterocycles. The number of nitrogens with one attached hydrogen (secondary N) is 2. The van der Waals surface area contributed by atoms with E-state index in [9.17, 15) is 0 Å². The van der Waals surface area contributed by atoms with E-state index >= 15 is 0 Å². The van der Waals surface area contributed by atoms with Crippen LogP contribution in [-0.4, -0.2) is 5.71 Å². The second kappa shape index (κ2) is 4.78. The Morgan fingerprint density at radius 1 is 1.67 bits per heavy atom. The minimum Gasteiger partial charge on any atom is -0.335 e. The van der Waals surface area contributed by atoms with Crippen LogP contribution in [-0.2, 0) is 0 Å². The van der Waals surface area contributed by atoms with Crippen molar-refractivity contribution in [1.29, 1.82) is 5.41 Å². The third-order valence-corrected chi connectivity index (χ3v) is 1.31. The lowest BCUT2D eigenvalue weighted by Gasteiger charge is -1.98. The monoisotopic (exact) mass is 238 g/mol. The van der Waals surface area contributed by atoms with E-state index in [-0.39, 0.29) is 0 Å². The third-order valence-electron chi connectivity index (χ3n) is 0.948. The van der Waals surface area contributed by atoms with E-state index in [1.165, 1.54) is 0 Å². The van der Waals surface area contributed by atoms with Crippen LogP contribution < -0.4 is 3.53 Å². The Labute approximate surface area is 69.7 Å². The molecule has 0 bridgehead atoms. The molecule has 0 heterocycles. The molecule has 2 N–H and O–H groups in total. The molecule has 0 spiro atoms. The molecule has 0 unspecified atom stereocenters. The molecule has 0 aliphatic carbocycles. The van der Waals surface area contributed by atoms with Crippen LogP contribution in [0.1, 0.15) is 13.8 Å². The predicted molar refractivity (Wildman–Crippen MR) is 48.9 cm³/mol. The lowest BCUT2D eigenvalue weighted by atomic mass is 10.1. The van der Waals surface area contributed by atoms with E-state index in [2.05, 4.69) is 3.53 Å². The number of halogens is 1. The lowest BCUT2D eigenvalue weighted by Crippen LogP contribution is -2.01. The fraction of sp³-hybridized carbons (Fsp3) is 0.500. The van der Waals surface area contributed by atoms with Crippen molar-refractivity contribution < 1.29 is 0 Å². The van der Waals surface area contributed by atoms with Crippen LogP contribution in [0.15, 0.2) is 12.3 Å². The Morgan fingerprint density at radius 2 is 2.22 bits per heavy atom. The summed E-state index contributed by atoms with van der Waals surface area (Å²) in [5.74, 6) is 0.325. The SMILES string of the molecule is CC(C)C(=N)/C=C\NI. The molecule has 0 aliphatic rings. The second-order valence-electron chi connectivity index (χ2n) is 2.05. The number of allylic oxidation sites excluding steroid dienone is 1. The molecule has 52 valence electrons. The van der Waals surface area contributed by atoms with Gasteiger partial charge in [0.25, 0.3) is 0 Å². The van der Waals surface area contributed by atoms with E-state index in [1.807, 2.05) is 36.7 Å². The van der Waals surface area contributed by atoms with Crippen LogP contribution in [0.2, 0.25) is 0 Å². The van der Waals surface area contributed by atoms with Gasteiger partial charge in [-0.2, -0.15) is 0 Å². The van der Waals surface area contributed by atoms with Crippen LogP contribution in [0.25, 0.3) is 0 Å². The van der Waals surface area contributed by atoms with Gasteiger partial charge in [-0.05, 0) is 12.0 Å². The van der Waals surface area contributed by atoms with Crippen molar-refractivity contribution in [3.05, 3.63) is 12.3 Å². The molecule has 0 aliphatic heterocycles. The first-order valence-corrected chi connectivity index (χ1v) is 3.87. The van der Waals surface area contributed by atoms with Crippen molar-refractivity contribution in [1.82, 2.24) is 3.53 Å². The standard InChI is InChI=1S/C6H11IN2/c1-5(2)6(8)3-4-9-7/h3-5,8-9H,1-2H3/b4-3-,8-6?. The first kappa shape index (κ1) is 8.94. The highest BCUT2D eigenvalue weighted by atomic mass is 127. The topological polar surface area (TPSA) is 35.9 Å². The van der Waals surface area contributed by atoms with E-state index in [0.717, 1.165) is 0 Å². The van der Waals surface area contributed by atoms with Crippen LogP contribution >= 0.6 is 22.9 Å². The maximum Gasteiger partial charge on any atom is 0.0555 e. The quantitative estimate of drug-likeness (QED) is 0.441. The van der Waals surface area contributed by atoms with Crippen molar-refractivity contribution >= 4 is 28.6 Å². The maximum atomic E-state index is 7.32. The van der Waals surface area contributed by atoms with E-state index in [4.69, 9.17) is 5.41 Å². The zero-order valence-corrected chi connectivity index (χ0v) is 7.77. The normalized spacial score (nSPS) is 10.7. The Kier molecular flexibility index (Phi) is 4.75. The minimum absolute atomic E-state index is 0.325. The van der Waals surface area contributed by atoms with E-state index in [0.29, 0.717) is 11.6 Å². The third kappa shape index (κ3) is 4.44. The van der Waals surface area contributed by atoms with Crippen LogP contribution in [0.3, 0.4) is 0 Å². The molecular formula is C6H11IN2. The van der Waals surface area contributed by atoms with Gasteiger partial charge in [-0.15, -0.1) is 0 Å². The summed E-state index contributed by atoms with van der Waals surface area (Å²) in [4.78, 5) is 0. The molecule has 0 aromatic rings. The predicted octanol–water partition coefficient (Wildman–Crippen LogP) is 2.12. The number of rotatable bonds is 3. The highest BCUT2D eigenvalue weighted by molar-refractivity contribution is 14.1. The zero-order valence-electron chi connectivity index (χ0n) is 5.61. The summed E-state index contributed by atoms with van der Waals surface area (Å²) in [5, 5.41) is 7.32. The molecule has 0 saturated carbocycles. The van der Waals surface area contributed by atoms with Gasteiger partial charge in [0.15, 0.2) is 0 Å². The Bertz CT molecular complexity index is 118. The lowest BCUT2D eigenvalue weighted by molar-refractivity contribution is 0.882. The molecular weight excluding hydrogens is 227 g/mol. The van der Waals surface area contributed by atoms with Crippen LogP contribution in [0.4, 0.5) is 0 Å². The van der Waals surface area contributed by atoms with Crippen molar-refractivity contribution in [3.8, 4) is 0 Å². The molecule has 0 saturated heterocycles. The van der Waals surface area contributed by atoms with Crippen LogP contribution in [0.5, 0.6) is 0 Å². The summed E-state index contributed by atoms with van der Waals surface area (Å²) in [6.45, 7) is 4.00. The molecule has 2 nitrogen and oxygen atoms in total. The van der Waals surface area contributed by atoms with Gasteiger partial charge in [-0.25, -0.2) is 0 Å². The van der Waals surface area contributed by atoms with Gasteiger partial charge in [0, 0.05) is 11.9 Å². The highest BCUT2D eigenvalue weighted by Crippen LogP contribution is 1.94. The molecule has 9 heavy (non-hydrogen) atoms. The molecule has 0 rings (SSSR count). The van der Waals surface area contributed by atoms with Crippen molar-refractivity contribution in [3.63, 3.8) is 0 Å². The highest BCUT2D eigenvalue weighted by Gasteiger charge is 1.94. The van der Waals surface area contributed by atoms with Crippen molar-refractivity contribution in [2.24, 2.45) is 5.92 Å². The van der Waals surface area contributed by atoms with E-state index < -0.39 is 0 Å². The number of hydrogen-bond donors (Lipinski definition) is 2. The second-order valence-corrected chi connectivity index (χ2v) is 2.68. The smallest absolute Gasteiger partial charge is 0.0555 e. The summed E-state index contributed by atoms with van der Waals surface area (Å²) in [7, 11) is 0. The van der Waals surface area contributed by atoms with Gasteiger partial charge < -0.3 is 8.94 Å². The summed E-state index contributed by atoms with van der Waals surface area (Å²) in [6.07, 6.45) is 3.51. The Hall–Kier alpha value is -0.0600. The maximum absolute atomic E-state index is 7.32. The van der Waals surface area contributed by atoms with Gasteiger partial charge in [0.1, 0.15) is 0 Å². The van der Waals surface area contributed by atoms with Gasteiger partial charge in [-0.1, -0.05) is 13.8 Å². The summed E-state index contributed by atoms with van der Waals surface area (Å²) in [6, 6.07) is 0.